The lowest BCUT2D eigenvalue weighted by Crippen LogP contribution is -2.39. The highest BCUT2D eigenvalue weighted by Gasteiger charge is 2.29. The number of pyridine rings is 1. The molecule has 2 aromatic rings. The van der Waals surface area contributed by atoms with Gasteiger partial charge in [0.15, 0.2) is 0 Å². The molecule has 6 heteroatoms. The topological polar surface area (TPSA) is 96.4 Å². The van der Waals surface area contributed by atoms with Crippen molar-refractivity contribution in [2.75, 3.05) is 0 Å². The molecule has 0 bridgehead atoms. The van der Waals surface area contributed by atoms with E-state index in [9.17, 15) is 19.5 Å². The molecule has 1 atom stereocenters. The molecule has 3 rings (SSSR count). The molecule has 21 heavy (non-hydrogen) atoms. The number of amides is 2. The van der Waals surface area contributed by atoms with Crippen molar-refractivity contribution in [2.24, 2.45) is 0 Å². The summed E-state index contributed by atoms with van der Waals surface area (Å²) in [5.41, 5.74) is 0.729. The first-order chi connectivity index (χ1) is 10.1. The summed E-state index contributed by atoms with van der Waals surface area (Å²) in [7, 11) is 0. The summed E-state index contributed by atoms with van der Waals surface area (Å²) >= 11 is 0. The second-order valence-corrected chi connectivity index (χ2v) is 4.97. The Morgan fingerprint density at radius 2 is 2.14 bits per heavy atom. The third-order valence-corrected chi connectivity index (χ3v) is 3.65. The van der Waals surface area contributed by atoms with Crippen molar-refractivity contribution in [2.45, 2.75) is 18.8 Å². The van der Waals surface area contributed by atoms with Crippen LogP contribution < -0.4 is 5.32 Å². The molecular weight excluding hydrogens is 272 g/mol. The van der Waals surface area contributed by atoms with Crippen molar-refractivity contribution in [3.8, 4) is 0 Å². The van der Waals surface area contributed by atoms with E-state index < -0.39 is 11.9 Å². The van der Waals surface area contributed by atoms with Crippen LogP contribution in [0.25, 0.3) is 10.8 Å². The number of imide groups is 1. The van der Waals surface area contributed by atoms with Gasteiger partial charge in [-0.3, -0.25) is 19.9 Å². The van der Waals surface area contributed by atoms with Crippen LogP contribution in [0.4, 0.5) is 0 Å². The molecule has 1 aliphatic rings. The predicted molar refractivity (Wildman–Crippen MR) is 73.8 cm³/mol. The second kappa shape index (κ2) is 4.97. The van der Waals surface area contributed by atoms with Crippen LogP contribution in [0.3, 0.4) is 0 Å². The molecule has 106 valence electrons. The van der Waals surface area contributed by atoms with Crippen LogP contribution in [-0.4, -0.2) is 27.9 Å². The molecule has 1 aromatic heterocycles. The lowest BCUT2D eigenvalue weighted by atomic mass is 9.86. The summed E-state index contributed by atoms with van der Waals surface area (Å²) < 4.78 is 0. The van der Waals surface area contributed by atoms with E-state index in [4.69, 9.17) is 0 Å². The molecular formula is C15H12N2O4. The number of hydrogen-bond acceptors (Lipinski definition) is 4. The van der Waals surface area contributed by atoms with Crippen molar-refractivity contribution < 1.29 is 19.5 Å². The van der Waals surface area contributed by atoms with Gasteiger partial charge in [0, 0.05) is 24.2 Å². The SMILES string of the molecule is O=C1CCC(c2cc(C(=O)O)cc3cnccc23)C(=O)N1. The molecule has 1 fully saturated rings. The molecule has 6 nitrogen and oxygen atoms in total. The Bertz CT molecular complexity index is 769. The largest absolute Gasteiger partial charge is 0.478 e. The van der Waals surface area contributed by atoms with Crippen LogP contribution in [0.5, 0.6) is 0 Å². The Kier molecular flexibility index (Phi) is 3.13. The molecule has 0 radical (unpaired) electrons. The van der Waals surface area contributed by atoms with Crippen LogP contribution in [0, 0.1) is 0 Å². The van der Waals surface area contributed by atoms with Gasteiger partial charge in [0.05, 0.1) is 11.5 Å². The van der Waals surface area contributed by atoms with Crippen LogP contribution in [0.1, 0.15) is 34.7 Å². The number of piperidine rings is 1. The van der Waals surface area contributed by atoms with Crippen molar-refractivity contribution in [1.82, 2.24) is 10.3 Å². The maximum absolute atomic E-state index is 12.0. The van der Waals surface area contributed by atoms with Crippen molar-refractivity contribution >= 4 is 28.6 Å². The third kappa shape index (κ3) is 2.35. The van der Waals surface area contributed by atoms with Gasteiger partial charge in [-0.2, -0.15) is 0 Å². The molecule has 0 aliphatic carbocycles. The van der Waals surface area contributed by atoms with E-state index in [0.717, 1.165) is 5.39 Å². The van der Waals surface area contributed by atoms with E-state index in [-0.39, 0.29) is 23.8 Å². The molecule has 0 spiro atoms. The third-order valence-electron chi connectivity index (χ3n) is 3.65. The van der Waals surface area contributed by atoms with E-state index in [0.29, 0.717) is 17.4 Å². The number of carboxylic acid groups (broad SMARTS) is 1. The van der Waals surface area contributed by atoms with Gasteiger partial charge < -0.3 is 5.11 Å². The van der Waals surface area contributed by atoms with E-state index in [1.807, 2.05) is 0 Å². The smallest absolute Gasteiger partial charge is 0.335 e. The zero-order valence-electron chi connectivity index (χ0n) is 11.0. The van der Waals surface area contributed by atoms with Gasteiger partial charge in [0.1, 0.15) is 0 Å². The average molecular weight is 284 g/mol. The number of benzene rings is 1. The number of aromatic carboxylic acids is 1. The Morgan fingerprint density at radius 3 is 2.86 bits per heavy atom. The first kappa shape index (κ1) is 13.2. The van der Waals surface area contributed by atoms with Gasteiger partial charge >= 0.3 is 5.97 Å². The minimum absolute atomic E-state index is 0.107. The van der Waals surface area contributed by atoms with Crippen LogP contribution in [0.15, 0.2) is 30.6 Å². The fraction of sp³-hybridized carbons (Fsp3) is 0.200. The van der Waals surface area contributed by atoms with E-state index in [1.165, 1.54) is 12.1 Å². The number of carbonyl (C=O) groups excluding carboxylic acids is 2. The zero-order chi connectivity index (χ0) is 15.0. The standard InChI is InChI=1S/C15H12N2O4/c18-13-2-1-11(14(19)17-13)12-6-8(15(20)21)5-9-7-16-4-3-10(9)12/h3-7,11H,1-2H2,(H,20,21)(H,17,18,19). The van der Waals surface area contributed by atoms with Gasteiger partial charge in [-0.1, -0.05) is 0 Å². The fourth-order valence-corrected chi connectivity index (χ4v) is 2.64. The Balaban J connectivity index is 2.18. The first-order valence-corrected chi connectivity index (χ1v) is 6.51. The van der Waals surface area contributed by atoms with E-state index >= 15 is 0 Å². The van der Waals surface area contributed by atoms with E-state index in [2.05, 4.69) is 10.3 Å². The summed E-state index contributed by atoms with van der Waals surface area (Å²) in [6, 6.07) is 4.78. The summed E-state index contributed by atoms with van der Waals surface area (Å²) in [5.74, 6) is -2.26. The van der Waals surface area contributed by atoms with Crippen LogP contribution in [0.2, 0.25) is 0 Å². The Morgan fingerprint density at radius 1 is 1.33 bits per heavy atom. The number of carbonyl (C=O) groups is 3. The molecule has 1 unspecified atom stereocenters. The minimum atomic E-state index is -1.06. The van der Waals surface area contributed by atoms with Crippen LogP contribution in [-0.2, 0) is 9.59 Å². The Labute approximate surface area is 119 Å². The minimum Gasteiger partial charge on any atom is -0.478 e. The molecule has 2 amide bonds. The Hall–Kier alpha value is -2.76. The number of aromatic nitrogens is 1. The molecule has 2 N–H and O–H groups in total. The maximum atomic E-state index is 12.0. The molecule has 1 aromatic carbocycles. The normalized spacial score (nSPS) is 18.6. The number of fused-ring (bicyclic) bond motifs is 1. The quantitative estimate of drug-likeness (QED) is 0.814. The van der Waals surface area contributed by atoms with Gasteiger partial charge in [0.25, 0.3) is 0 Å². The molecule has 0 saturated carbocycles. The summed E-state index contributed by atoms with van der Waals surface area (Å²) in [6.07, 6.45) is 3.79. The van der Waals surface area contributed by atoms with Gasteiger partial charge in [-0.05, 0) is 35.6 Å². The van der Waals surface area contributed by atoms with Crippen molar-refractivity contribution in [1.29, 1.82) is 0 Å². The number of nitrogens with one attached hydrogen (secondary N) is 1. The highest BCUT2D eigenvalue weighted by Crippen LogP contribution is 2.31. The summed E-state index contributed by atoms with van der Waals surface area (Å²) in [4.78, 5) is 38.5. The number of rotatable bonds is 2. The van der Waals surface area contributed by atoms with Crippen molar-refractivity contribution in [3.63, 3.8) is 0 Å². The maximum Gasteiger partial charge on any atom is 0.335 e. The predicted octanol–water partition coefficient (Wildman–Crippen LogP) is 1.45. The van der Waals surface area contributed by atoms with Crippen molar-refractivity contribution in [3.05, 3.63) is 41.7 Å². The molecule has 2 heterocycles. The second-order valence-electron chi connectivity index (χ2n) is 4.97. The van der Waals surface area contributed by atoms with Gasteiger partial charge in [-0.25, -0.2) is 4.79 Å². The number of nitrogens with zero attached hydrogens (tertiary/aromatic N) is 1. The molecule has 1 saturated heterocycles. The van der Waals surface area contributed by atoms with Gasteiger partial charge in [-0.15, -0.1) is 0 Å². The first-order valence-electron chi connectivity index (χ1n) is 6.51. The summed E-state index contributed by atoms with van der Waals surface area (Å²) in [6.45, 7) is 0. The average Bonchev–Trinajstić information content (AvgIpc) is 2.46. The summed E-state index contributed by atoms with van der Waals surface area (Å²) in [5, 5.41) is 12.9. The zero-order valence-corrected chi connectivity index (χ0v) is 11.0. The number of hydrogen-bond donors (Lipinski definition) is 2. The fourth-order valence-electron chi connectivity index (χ4n) is 2.64. The lowest BCUT2D eigenvalue weighted by molar-refractivity contribution is -0.134. The van der Waals surface area contributed by atoms with Gasteiger partial charge in [0.2, 0.25) is 11.8 Å². The number of carboxylic acids is 1. The van der Waals surface area contributed by atoms with Crippen LogP contribution >= 0.6 is 0 Å². The molecule has 1 aliphatic heterocycles. The highest BCUT2D eigenvalue weighted by molar-refractivity contribution is 6.04. The van der Waals surface area contributed by atoms with E-state index in [1.54, 1.807) is 18.5 Å². The monoisotopic (exact) mass is 284 g/mol. The highest BCUT2D eigenvalue weighted by atomic mass is 16.4. The lowest BCUT2D eigenvalue weighted by Gasteiger charge is -2.22.